The minimum absolute atomic E-state index is 0.227. The standard InChI is InChI=1S/C11H19N.C2F6NO4S2/c1-4-7-11(10-12,8-5-2)9-6-3;3-1(4,5)14(10,11)9-15(12,13)2(6,7)8/h4-6H,1-3,7-10,12H2;/q;-1/p+1. The maximum Gasteiger partial charge on any atom is 0.480 e. The Balaban J connectivity index is 0. The first kappa shape index (κ1) is 27.8. The molecule has 0 radical (unpaired) electrons. The van der Waals surface area contributed by atoms with Crippen LogP contribution in [0.25, 0.3) is 4.13 Å². The van der Waals surface area contributed by atoms with Gasteiger partial charge in [-0.1, -0.05) is 18.2 Å². The fourth-order valence-electron chi connectivity index (χ4n) is 1.69. The highest BCUT2D eigenvalue weighted by Gasteiger charge is 2.46. The molecule has 27 heavy (non-hydrogen) atoms. The predicted octanol–water partition coefficient (Wildman–Crippen LogP) is 3.00. The quantitative estimate of drug-likeness (QED) is 0.434. The number of hydrogen-bond donors (Lipinski definition) is 1. The van der Waals surface area contributed by atoms with Gasteiger partial charge in [0.2, 0.25) is 0 Å². The Hall–Kier alpha value is -1.38. The summed E-state index contributed by atoms with van der Waals surface area (Å²) in [6.45, 7) is 12.2. The zero-order valence-corrected chi connectivity index (χ0v) is 15.7. The van der Waals surface area contributed by atoms with E-state index in [1.54, 1.807) is 0 Å². The van der Waals surface area contributed by atoms with Gasteiger partial charge in [-0.05, 0) is 19.3 Å². The van der Waals surface area contributed by atoms with Gasteiger partial charge >= 0.3 is 11.0 Å². The first-order valence-electron chi connectivity index (χ1n) is 6.94. The molecule has 0 aliphatic carbocycles. The van der Waals surface area contributed by atoms with Crippen LogP contribution >= 0.6 is 0 Å². The number of rotatable bonds is 9. The monoisotopic (exact) mass is 446 g/mol. The third-order valence-corrected chi connectivity index (χ3v) is 5.78. The molecule has 14 heteroatoms. The molecule has 160 valence electrons. The lowest BCUT2D eigenvalue weighted by Gasteiger charge is -2.26. The van der Waals surface area contributed by atoms with Crippen LogP contribution in [-0.4, -0.2) is 34.4 Å². The Morgan fingerprint density at radius 1 is 0.741 bits per heavy atom. The second-order valence-corrected chi connectivity index (χ2v) is 8.57. The number of nitrogens with zero attached hydrogens (tertiary/aromatic N) is 1. The lowest BCUT2D eigenvalue weighted by atomic mass is 9.78. The first-order chi connectivity index (χ1) is 11.9. The molecule has 6 nitrogen and oxygen atoms in total. The summed E-state index contributed by atoms with van der Waals surface area (Å²) in [6, 6.07) is 0. The minimum atomic E-state index is -6.72. The molecule has 0 heterocycles. The van der Waals surface area contributed by atoms with Crippen molar-refractivity contribution in [1.82, 2.24) is 0 Å². The van der Waals surface area contributed by atoms with Crippen molar-refractivity contribution in [3.63, 3.8) is 0 Å². The SMILES string of the molecule is C=CCC(C[NH3+])(CC=C)CC=C.O=S(=O)([N-]S(=O)(=O)C(F)(F)F)C(F)(F)F. The smallest absolute Gasteiger partial charge is 0.421 e. The van der Waals surface area contributed by atoms with E-state index in [-0.39, 0.29) is 5.41 Å². The molecule has 0 atom stereocenters. The molecule has 3 N–H and O–H groups in total. The zero-order valence-electron chi connectivity index (χ0n) is 14.1. The van der Waals surface area contributed by atoms with E-state index >= 15 is 0 Å². The van der Waals surface area contributed by atoms with Crippen LogP contribution in [0.5, 0.6) is 0 Å². The third kappa shape index (κ3) is 8.90. The molecule has 0 rings (SSSR count). The summed E-state index contributed by atoms with van der Waals surface area (Å²) in [5.74, 6) is 0. The molecular weight excluding hydrogens is 426 g/mol. The Morgan fingerprint density at radius 2 is 1.00 bits per heavy atom. The lowest BCUT2D eigenvalue weighted by molar-refractivity contribution is -0.392. The van der Waals surface area contributed by atoms with Crippen molar-refractivity contribution < 1.29 is 48.9 Å². The van der Waals surface area contributed by atoms with E-state index in [0.717, 1.165) is 29.9 Å². The van der Waals surface area contributed by atoms with E-state index in [9.17, 15) is 43.2 Å². The van der Waals surface area contributed by atoms with Crippen molar-refractivity contribution in [2.75, 3.05) is 6.54 Å². The molecule has 0 bridgehead atoms. The normalized spacial score (nSPS) is 13.3. The summed E-state index contributed by atoms with van der Waals surface area (Å²) < 4.78 is 109. The topological polar surface area (TPSA) is 110 Å². The highest BCUT2D eigenvalue weighted by molar-refractivity contribution is 8.13. The van der Waals surface area contributed by atoms with Crippen molar-refractivity contribution in [2.45, 2.75) is 30.3 Å². The number of allylic oxidation sites excluding steroid dienone is 3. The molecule has 0 aromatic rings. The molecule has 0 aromatic heterocycles. The maximum atomic E-state index is 11.4. The predicted molar refractivity (Wildman–Crippen MR) is 87.9 cm³/mol. The molecule has 0 fully saturated rings. The molecule has 0 amide bonds. The Labute approximate surface area is 153 Å². The highest BCUT2D eigenvalue weighted by atomic mass is 32.3. The summed E-state index contributed by atoms with van der Waals surface area (Å²) in [6.07, 6.45) is 8.85. The van der Waals surface area contributed by atoms with Gasteiger partial charge in [0.15, 0.2) is 20.0 Å². The van der Waals surface area contributed by atoms with Crippen molar-refractivity contribution in [2.24, 2.45) is 5.41 Å². The van der Waals surface area contributed by atoms with Gasteiger partial charge in [-0.15, -0.1) is 19.7 Å². The second-order valence-electron chi connectivity index (χ2n) is 5.14. The minimum Gasteiger partial charge on any atom is -0.421 e. The number of halogens is 6. The van der Waals surface area contributed by atoms with Crippen LogP contribution in [0.15, 0.2) is 38.0 Å². The van der Waals surface area contributed by atoms with Crippen LogP contribution in [-0.2, 0) is 20.0 Å². The molecule has 0 aliphatic heterocycles. The average Bonchev–Trinajstić information content (AvgIpc) is 2.45. The third-order valence-electron chi connectivity index (χ3n) is 3.04. The van der Waals surface area contributed by atoms with Gasteiger partial charge in [0.05, 0.1) is 6.54 Å². The molecule has 0 saturated carbocycles. The van der Waals surface area contributed by atoms with Gasteiger partial charge < -0.3 is 9.86 Å². The van der Waals surface area contributed by atoms with Crippen LogP contribution in [0.4, 0.5) is 26.3 Å². The van der Waals surface area contributed by atoms with Gasteiger partial charge in [0.25, 0.3) is 0 Å². The largest absolute Gasteiger partial charge is 0.480 e. The molecule has 0 unspecified atom stereocenters. The Kier molecular flexibility index (Phi) is 10.6. The molecule has 0 saturated heterocycles. The Morgan fingerprint density at radius 3 is 1.15 bits per heavy atom. The molecule has 0 aromatic carbocycles. The van der Waals surface area contributed by atoms with Crippen molar-refractivity contribution in [3.8, 4) is 0 Å². The summed E-state index contributed by atoms with van der Waals surface area (Å²) >= 11 is 0. The van der Waals surface area contributed by atoms with Crippen LogP contribution < -0.4 is 5.73 Å². The second kappa shape index (κ2) is 10.2. The fraction of sp³-hybridized carbons (Fsp3) is 0.538. The number of hydrogen-bond acceptors (Lipinski definition) is 4. The highest BCUT2D eigenvalue weighted by Crippen LogP contribution is 2.36. The molecule has 0 spiro atoms. The van der Waals surface area contributed by atoms with E-state index in [1.165, 1.54) is 0 Å². The van der Waals surface area contributed by atoms with E-state index in [4.69, 9.17) is 0 Å². The summed E-state index contributed by atoms with van der Waals surface area (Å²) in [7, 11) is -13.4. The summed E-state index contributed by atoms with van der Waals surface area (Å²) in [5, 5.41) is 0. The van der Waals surface area contributed by atoms with Gasteiger partial charge in [0, 0.05) is 5.41 Å². The van der Waals surface area contributed by atoms with Crippen LogP contribution in [0.2, 0.25) is 0 Å². The summed E-state index contributed by atoms with van der Waals surface area (Å²) in [4.78, 5) is 0. The average molecular weight is 446 g/mol. The van der Waals surface area contributed by atoms with Gasteiger partial charge in [-0.25, -0.2) is 16.8 Å². The van der Waals surface area contributed by atoms with Gasteiger partial charge in [-0.2, -0.15) is 26.3 Å². The van der Waals surface area contributed by atoms with Crippen molar-refractivity contribution in [3.05, 3.63) is 42.1 Å². The van der Waals surface area contributed by atoms with Crippen LogP contribution in [0, 0.1) is 5.41 Å². The van der Waals surface area contributed by atoms with E-state index in [2.05, 4.69) is 25.5 Å². The fourth-order valence-corrected chi connectivity index (χ4v) is 3.40. The number of alkyl halides is 6. The van der Waals surface area contributed by atoms with Gasteiger partial charge in [0.1, 0.15) is 0 Å². The number of quaternary nitrogens is 1. The van der Waals surface area contributed by atoms with E-state index < -0.39 is 31.1 Å². The molecular formula is C13H20F6N2O4S2. The van der Waals surface area contributed by atoms with Crippen LogP contribution in [0.3, 0.4) is 0 Å². The number of sulfonamides is 2. The zero-order chi connectivity index (χ0) is 22.2. The Bertz CT molecular complexity index is 644. The maximum absolute atomic E-state index is 11.4. The summed E-state index contributed by atoms with van der Waals surface area (Å²) in [5.41, 5.74) is -8.21. The van der Waals surface area contributed by atoms with E-state index in [0.29, 0.717) is 0 Å². The van der Waals surface area contributed by atoms with E-state index in [1.807, 2.05) is 18.2 Å². The van der Waals surface area contributed by atoms with Crippen molar-refractivity contribution in [1.29, 1.82) is 0 Å². The molecule has 0 aliphatic rings. The van der Waals surface area contributed by atoms with Gasteiger partial charge in [-0.3, -0.25) is 0 Å². The lowest BCUT2D eigenvalue weighted by Crippen LogP contribution is -2.58. The first-order valence-corrected chi connectivity index (χ1v) is 9.82. The van der Waals surface area contributed by atoms with Crippen LogP contribution in [0.1, 0.15) is 19.3 Å². The van der Waals surface area contributed by atoms with Crippen molar-refractivity contribution >= 4 is 20.0 Å².